The molecule has 11 heteroatoms. The number of anilines is 2. The zero-order valence-electron chi connectivity index (χ0n) is 15.0. The van der Waals surface area contributed by atoms with E-state index in [9.17, 15) is 19.7 Å². The van der Waals surface area contributed by atoms with Crippen molar-refractivity contribution in [3.63, 3.8) is 0 Å². The molecule has 0 unspecified atom stereocenters. The van der Waals surface area contributed by atoms with E-state index in [4.69, 9.17) is 11.6 Å². The Bertz CT molecular complexity index is 1100. The first kappa shape index (κ1) is 20.4. The van der Waals surface area contributed by atoms with Gasteiger partial charge in [0.25, 0.3) is 17.5 Å². The molecular weight excluding hydrogens is 418 g/mol. The van der Waals surface area contributed by atoms with Crippen LogP contribution in [0.15, 0.2) is 42.5 Å². The van der Waals surface area contributed by atoms with Crippen LogP contribution in [0.5, 0.6) is 0 Å². The normalized spacial score (nSPS) is 10.4. The molecule has 29 heavy (non-hydrogen) atoms. The van der Waals surface area contributed by atoms with E-state index in [1.165, 1.54) is 29.5 Å². The Morgan fingerprint density at radius 1 is 1.14 bits per heavy atom. The number of hydrogen-bond acceptors (Lipinski definition) is 7. The average Bonchev–Trinajstić information content (AvgIpc) is 3.16. The maximum absolute atomic E-state index is 12.6. The Balaban J connectivity index is 1.81. The predicted molar refractivity (Wildman–Crippen MR) is 110 cm³/mol. The number of carbonyl (C=O) groups excluding carboxylic acids is 2. The molecule has 0 saturated carbocycles. The van der Waals surface area contributed by atoms with Crippen molar-refractivity contribution in [1.29, 1.82) is 0 Å². The van der Waals surface area contributed by atoms with Crippen LogP contribution in [0.3, 0.4) is 0 Å². The maximum atomic E-state index is 12.6. The third kappa shape index (κ3) is 4.73. The number of para-hydroxylation sites is 1. The molecule has 1 aromatic heterocycles. The van der Waals surface area contributed by atoms with Crippen LogP contribution in [0.4, 0.5) is 16.5 Å². The Kier molecular flexibility index (Phi) is 6.15. The summed E-state index contributed by atoms with van der Waals surface area (Å²) in [6.07, 6.45) is 0.702. The minimum absolute atomic E-state index is 0.0352. The number of benzene rings is 2. The Labute approximate surface area is 173 Å². The number of amides is 2. The van der Waals surface area contributed by atoms with Crippen molar-refractivity contribution in [2.24, 2.45) is 0 Å². The van der Waals surface area contributed by atoms with Gasteiger partial charge in [0.15, 0.2) is 0 Å². The number of aromatic nitrogens is 2. The summed E-state index contributed by atoms with van der Waals surface area (Å²) >= 11 is 7.04. The predicted octanol–water partition coefficient (Wildman–Crippen LogP) is 4.17. The summed E-state index contributed by atoms with van der Waals surface area (Å²) in [7, 11) is 0. The molecule has 0 bridgehead atoms. The number of nitro groups is 1. The average molecular weight is 432 g/mol. The first-order valence-electron chi connectivity index (χ1n) is 8.37. The smallest absolute Gasteiger partial charge is 0.288 e. The van der Waals surface area contributed by atoms with Crippen molar-refractivity contribution >= 4 is 51.3 Å². The summed E-state index contributed by atoms with van der Waals surface area (Å²) in [6.45, 7) is 1.93. The van der Waals surface area contributed by atoms with E-state index < -0.39 is 16.7 Å². The number of hydrogen-bond donors (Lipinski definition) is 2. The molecule has 9 nitrogen and oxygen atoms in total. The van der Waals surface area contributed by atoms with Crippen LogP contribution in [0, 0.1) is 10.1 Å². The molecule has 0 fully saturated rings. The fourth-order valence-corrected chi connectivity index (χ4v) is 3.25. The minimum atomic E-state index is -0.673. The molecule has 0 aliphatic rings. The van der Waals surface area contributed by atoms with Crippen LogP contribution in [-0.4, -0.2) is 26.9 Å². The molecule has 0 radical (unpaired) electrons. The SMILES string of the molecule is CCc1nnc(NC(=O)c2ccccc2NC(=O)c2ccc(Cl)c([N+](=O)[O-])c2)s1. The van der Waals surface area contributed by atoms with Crippen LogP contribution < -0.4 is 10.6 Å². The molecule has 2 aromatic carbocycles. The highest BCUT2D eigenvalue weighted by Gasteiger charge is 2.19. The van der Waals surface area contributed by atoms with E-state index in [-0.39, 0.29) is 27.5 Å². The van der Waals surface area contributed by atoms with Gasteiger partial charge in [-0.1, -0.05) is 42.0 Å². The van der Waals surface area contributed by atoms with Crippen LogP contribution >= 0.6 is 22.9 Å². The fourth-order valence-electron chi connectivity index (χ4n) is 2.39. The van der Waals surface area contributed by atoms with Gasteiger partial charge in [-0.25, -0.2) is 0 Å². The molecule has 0 atom stereocenters. The van der Waals surface area contributed by atoms with Crippen LogP contribution in [0.2, 0.25) is 5.02 Å². The highest BCUT2D eigenvalue weighted by Crippen LogP contribution is 2.26. The van der Waals surface area contributed by atoms with Crippen molar-refractivity contribution in [1.82, 2.24) is 10.2 Å². The molecule has 0 saturated heterocycles. The maximum Gasteiger partial charge on any atom is 0.288 e. The molecule has 3 aromatic rings. The zero-order valence-corrected chi connectivity index (χ0v) is 16.6. The van der Waals surface area contributed by atoms with Crippen molar-refractivity contribution < 1.29 is 14.5 Å². The summed E-state index contributed by atoms with van der Waals surface area (Å²) in [5.41, 5.74) is 0.103. The number of carbonyl (C=O) groups is 2. The molecule has 1 heterocycles. The highest BCUT2D eigenvalue weighted by atomic mass is 35.5. The lowest BCUT2D eigenvalue weighted by atomic mass is 10.1. The highest BCUT2D eigenvalue weighted by molar-refractivity contribution is 7.15. The molecule has 3 rings (SSSR count). The summed E-state index contributed by atoms with van der Waals surface area (Å²) in [4.78, 5) is 35.5. The first-order chi connectivity index (χ1) is 13.9. The van der Waals surface area contributed by atoms with E-state index >= 15 is 0 Å². The number of nitro benzene ring substituents is 1. The van der Waals surface area contributed by atoms with E-state index in [0.717, 1.165) is 11.1 Å². The topological polar surface area (TPSA) is 127 Å². The van der Waals surface area contributed by atoms with E-state index in [1.54, 1.807) is 18.2 Å². The molecule has 0 aliphatic heterocycles. The second-order valence-corrected chi connectivity index (χ2v) is 7.20. The quantitative estimate of drug-likeness (QED) is 0.445. The van der Waals surface area contributed by atoms with Crippen LogP contribution in [0.25, 0.3) is 0 Å². The van der Waals surface area contributed by atoms with Gasteiger partial charge in [0.2, 0.25) is 5.13 Å². The van der Waals surface area contributed by atoms with Gasteiger partial charge in [-0.05, 0) is 30.7 Å². The number of aryl methyl sites for hydroxylation is 1. The Morgan fingerprint density at radius 2 is 1.90 bits per heavy atom. The first-order valence-corrected chi connectivity index (χ1v) is 9.56. The number of rotatable bonds is 6. The van der Waals surface area contributed by atoms with E-state index in [2.05, 4.69) is 20.8 Å². The molecule has 2 amide bonds. The molecule has 0 aliphatic carbocycles. The monoisotopic (exact) mass is 431 g/mol. The van der Waals surface area contributed by atoms with Gasteiger partial charge in [-0.3, -0.25) is 25.0 Å². The van der Waals surface area contributed by atoms with Gasteiger partial charge in [-0.15, -0.1) is 10.2 Å². The summed E-state index contributed by atoms with van der Waals surface area (Å²) < 4.78 is 0. The summed E-state index contributed by atoms with van der Waals surface area (Å²) in [5, 5.41) is 25.2. The zero-order chi connectivity index (χ0) is 21.0. The van der Waals surface area contributed by atoms with Crippen molar-refractivity contribution in [3.8, 4) is 0 Å². The van der Waals surface area contributed by atoms with Gasteiger partial charge in [0.1, 0.15) is 10.0 Å². The van der Waals surface area contributed by atoms with E-state index in [0.29, 0.717) is 11.6 Å². The second-order valence-electron chi connectivity index (χ2n) is 5.73. The van der Waals surface area contributed by atoms with Gasteiger partial charge in [-0.2, -0.15) is 0 Å². The molecule has 148 valence electrons. The van der Waals surface area contributed by atoms with Crippen LogP contribution in [0.1, 0.15) is 32.6 Å². The number of nitrogens with zero attached hydrogens (tertiary/aromatic N) is 3. The van der Waals surface area contributed by atoms with Gasteiger partial charge >= 0.3 is 0 Å². The third-order valence-electron chi connectivity index (χ3n) is 3.81. The minimum Gasteiger partial charge on any atom is -0.321 e. The van der Waals surface area contributed by atoms with Crippen LogP contribution in [-0.2, 0) is 6.42 Å². The Morgan fingerprint density at radius 3 is 2.59 bits per heavy atom. The lowest BCUT2D eigenvalue weighted by Crippen LogP contribution is -2.18. The van der Waals surface area contributed by atoms with Gasteiger partial charge in [0, 0.05) is 11.6 Å². The van der Waals surface area contributed by atoms with Crippen molar-refractivity contribution in [2.75, 3.05) is 10.6 Å². The van der Waals surface area contributed by atoms with Gasteiger partial charge in [0.05, 0.1) is 16.2 Å². The Hall–Kier alpha value is -3.37. The lowest BCUT2D eigenvalue weighted by Gasteiger charge is -2.10. The standard InChI is InChI=1S/C18H14ClN5O4S/c1-2-15-22-23-18(29-15)21-17(26)11-5-3-4-6-13(11)20-16(25)10-7-8-12(19)14(9-10)24(27)28/h3-9H,2H2,1H3,(H,20,25)(H,21,23,26). The number of halogens is 1. The molecule has 2 N–H and O–H groups in total. The van der Waals surface area contributed by atoms with E-state index in [1.807, 2.05) is 6.92 Å². The fraction of sp³-hybridized carbons (Fsp3) is 0.111. The molecule has 0 spiro atoms. The van der Waals surface area contributed by atoms with Gasteiger partial charge < -0.3 is 5.32 Å². The summed E-state index contributed by atoms with van der Waals surface area (Å²) in [6, 6.07) is 10.1. The molecular formula is C18H14ClN5O4S. The third-order valence-corrected chi connectivity index (χ3v) is 5.12. The number of nitrogens with one attached hydrogen (secondary N) is 2. The lowest BCUT2D eigenvalue weighted by molar-refractivity contribution is -0.384. The summed E-state index contributed by atoms with van der Waals surface area (Å²) in [5.74, 6) is -1.09. The van der Waals surface area contributed by atoms with Crippen molar-refractivity contribution in [3.05, 3.63) is 73.7 Å². The second kappa shape index (κ2) is 8.76. The van der Waals surface area contributed by atoms with Crippen molar-refractivity contribution in [2.45, 2.75) is 13.3 Å². The largest absolute Gasteiger partial charge is 0.321 e.